The van der Waals surface area contributed by atoms with Crippen molar-refractivity contribution in [2.75, 3.05) is 13.1 Å². The lowest BCUT2D eigenvalue weighted by Gasteiger charge is -2.36. The van der Waals surface area contributed by atoms with Crippen molar-refractivity contribution in [2.24, 2.45) is 5.41 Å². The number of carbonyl (C=O) groups excluding carboxylic acids is 1. The van der Waals surface area contributed by atoms with Gasteiger partial charge < -0.3 is 0 Å². The van der Waals surface area contributed by atoms with Crippen LogP contribution in [0.4, 0.5) is 4.39 Å². The molecule has 0 amide bonds. The fraction of sp³-hybridized carbons (Fsp3) is 0.500. The molecule has 0 spiro atoms. The highest BCUT2D eigenvalue weighted by Gasteiger charge is 2.34. The molecule has 0 saturated carbocycles. The van der Waals surface area contributed by atoms with Gasteiger partial charge in [-0.05, 0) is 6.07 Å². The van der Waals surface area contributed by atoms with E-state index >= 15 is 0 Å². The minimum atomic E-state index is -0.302. The van der Waals surface area contributed by atoms with Crippen LogP contribution < -0.4 is 0 Å². The SMILES string of the molecule is CC1(C)CN(Cc2ccccc2F)CCC1=O. The molecule has 0 aromatic heterocycles. The Labute approximate surface area is 101 Å². The summed E-state index contributed by atoms with van der Waals surface area (Å²) in [6, 6.07) is 6.83. The molecule has 92 valence electrons. The second kappa shape index (κ2) is 4.57. The molecule has 17 heavy (non-hydrogen) atoms. The third-order valence-electron chi connectivity index (χ3n) is 3.38. The highest BCUT2D eigenvalue weighted by molar-refractivity contribution is 5.85. The molecular weight excluding hydrogens is 217 g/mol. The van der Waals surface area contributed by atoms with Gasteiger partial charge in [0.1, 0.15) is 11.6 Å². The number of piperidine rings is 1. The monoisotopic (exact) mass is 235 g/mol. The van der Waals surface area contributed by atoms with Crippen LogP contribution in [-0.4, -0.2) is 23.8 Å². The number of hydrogen-bond donors (Lipinski definition) is 0. The molecule has 1 aromatic carbocycles. The first-order valence-corrected chi connectivity index (χ1v) is 5.98. The first-order valence-electron chi connectivity index (χ1n) is 5.98. The summed E-state index contributed by atoms with van der Waals surface area (Å²) >= 11 is 0. The number of hydrogen-bond acceptors (Lipinski definition) is 2. The molecule has 1 aliphatic heterocycles. The van der Waals surface area contributed by atoms with Crippen molar-refractivity contribution in [3.8, 4) is 0 Å². The van der Waals surface area contributed by atoms with Crippen LogP contribution in [0.3, 0.4) is 0 Å². The third kappa shape index (κ3) is 2.72. The summed E-state index contributed by atoms with van der Waals surface area (Å²) in [4.78, 5) is 13.8. The summed E-state index contributed by atoms with van der Waals surface area (Å²) in [5, 5.41) is 0. The molecular formula is C14H18FNO. The lowest BCUT2D eigenvalue weighted by Crippen LogP contribution is -2.45. The first-order chi connectivity index (χ1) is 7.99. The van der Waals surface area contributed by atoms with Gasteiger partial charge in [0.15, 0.2) is 0 Å². The van der Waals surface area contributed by atoms with E-state index in [2.05, 4.69) is 4.90 Å². The fourth-order valence-electron chi connectivity index (χ4n) is 2.33. The Morgan fingerprint density at radius 2 is 2.06 bits per heavy atom. The average molecular weight is 235 g/mol. The predicted molar refractivity (Wildman–Crippen MR) is 65.1 cm³/mol. The van der Waals surface area contributed by atoms with Gasteiger partial charge in [-0.1, -0.05) is 32.0 Å². The Morgan fingerprint density at radius 1 is 1.35 bits per heavy atom. The molecule has 0 N–H and O–H groups in total. The van der Waals surface area contributed by atoms with Crippen molar-refractivity contribution in [1.82, 2.24) is 4.90 Å². The number of halogens is 1. The normalized spacial score (nSPS) is 20.5. The van der Waals surface area contributed by atoms with Crippen LogP contribution in [0, 0.1) is 11.2 Å². The van der Waals surface area contributed by atoms with E-state index in [9.17, 15) is 9.18 Å². The van der Waals surface area contributed by atoms with Crippen LogP contribution in [0.5, 0.6) is 0 Å². The maximum Gasteiger partial charge on any atom is 0.141 e. The van der Waals surface area contributed by atoms with Gasteiger partial charge in [-0.15, -0.1) is 0 Å². The van der Waals surface area contributed by atoms with Gasteiger partial charge in [-0.25, -0.2) is 4.39 Å². The molecule has 1 fully saturated rings. The van der Waals surface area contributed by atoms with E-state index in [1.165, 1.54) is 6.07 Å². The van der Waals surface area contributed by atoms with E-state index in [0.29, 0.717) is 30.9 Å². The Bertz CT molecular complexity index is 428. The number of nitrogens with zero attached hydrogens (tertiary/aromatic N) is 1. The zero-order valence-electron chi connectivity index (χ0n) is 10.4. The fourth-order valence-corrected chi connectivity index (χ4v) is 2.33. The summed E-state index contributed by atoms with van der Waals surface area (Å²) in [7, 11) is 0. The van der Waals surface area contributed by atoms with Crippen molar-refractivity contribution in [3.05, 3.63) is 35.6 Å². The van der Waals surface area contributed by atoms with Crippen LogP contribution >= 0.6 is 0 Å². The van der Waals surface area contributed by atoms with Crippen LogP contribution in [0.2, 0.25) is 0 Å². The molecule has 3 heteroatoms. The molecule has 1 saturated heterocycles. The quantitative estimate of drug-likeness (QED) is 0.785. The lowest BCUT2D eigenvalue weighted by molar-refractivity contribution is -0.131. The molecule has 0 aliphatic carbocycles. The number of ketones is 1. The van der Waals surface area contributed by atoms with E-state index in [0.717, 1.165) is 6.54 Å². The molecule has 1 aromatic rings. The van der Waals surface area contributed by atoms with E-state index in [1.807, 2.05) is 19.9 Å². The molecule has 0 atom stereocenters. The van der Waals surface area contributed by atoms with Crippen molar-refractivity contribution < 1.29 is 9.18 Å². The average Bonchev–Trinajstić information content (AvgIpc) is 2.26. The van der Waals surface area contributed by atoms with E-state index < -0.39 is 0 Å². The molecule has 0 unspecified atom stereocenters. The second-order valence-electron chi connectivity index (χ2n) is 5.36. The molecule has 1 heterocycles. The summed E-state index contributed by atoms with van der Waals surface area (Å²) in [6.07, 6.45) is 0.571. The second-order valence-corrected chi connectivity index (χ2v) is 5.36. The number of carbonyl (C=O) groups is 1. The third-order valence-corrected chi connectivity index (χ3v) is 3.38. The van der Waals surface area contributed by atoms with Crippen molar-refractivity contribution in [3.63, 3.8) is 0 Å². The van der Waals surface area contributed by atoms with E-state index in [-0.39, 0.29) is 11.2 Å². The van der Waals surface area contributed by atoms with Gasteiger partial charge in [-0.2, -0.15) is 0 Å². The topological polar surface area (TPSA) is 20.3 Å². The minimum absolute atomic E-state index is 0.165. The van der Waals surface area contributed by atoms with Gasteiger partial charge >= 0.3 is 0 Å². The maximum atomic E-state index is 13.5. The summed E-state index contributed by atoms with van der Waals surface area (Å²) in [5.41, 5.74) is 0.404. The molecule has 2 nitrogen and oxygen atoms in total. The number of likely N-dealkylation sites (tertiary alicyclic amines) is 1. The van der Waals surface area contributed by atoms with Crippen LogP contribution in [-0.2, 0) is 11.3 Å². The number of rotatable bonds is 2. The van der Waals surface area contributed by atoms with E-state index in [4.69, 9.17) is 0 Å². The number of Topliss-reactive ketones (excluding diaryl/α,β-unsaturated/α-hetero) is 1. The molecule has 0 bridgehead atoms. The van der Waals surface area contributed by atoms with Crippen LogP contribution in [0.15, 0.2) is 24.3 Å². The smallest absolute Gasteiger partial charge is 0.141 e. The largest absolute Gasteiger partial charge is 0.299 e. The zero-order valence-corrected chi connectivity index (χ0v) is 10.4. The lowest BCUT2D eigenvalue weighted by atomic mass is 9.82. The molecule has 1 aliphatic rings. The summed E-state index contributed by atoms with van der Waals surface area (Å²) in [5.74, 6) is 0.143. The standard InChI is InChI=1S/C14H18FNO/c1-14(2)10-16(8-7-13(14)17)9-11-5-3-4-6-12(11)15/h3-6H,7-10H2,1-2H3. The van der Waals surface area contributed by atoms with Crippen LogP contribution in [0.1, 0.15) is 25.8 Å². The minimum Gasteiger partial charge on any atom is -0.299 e. The Balaban J connectivity index is 2.06. The first kappa shape index (κ1) is 12.2. The summed E-state index contributed by atoms with van der Waals surface area (Å²) in [6.45, 7) is 5.95. The predicted octanol–water partition coefficient (Wildman–Crippen LogP) is 2.63. The Morgan fingerprint density at radius 3 is 2.71 bits per heavy atom. The molecule has 2 rings (SSSR count). The van der Waals surface area contributed by atoms with Gasteiger partial charge in [0, 0.05) is 37.0 Å². The van der Waals surface area contributed by atoms with Gasteiger partial charge in [-0.3, -0.25) is 9.69 Å². The van der Waals surface area contributed by atoms with Gasteiger partial charge in [0.25, 0.3) is 0 Å². The number of benzene rings is 1. The van der Waals surface area contributed by atoms with Gasteiger partial charge in [0.05, 0.1) is 0 Å². The molecule has 0 radical (unpaired) electrons. The highest BCUT2D eigenvalue weighted by Crippen LogP contribution is 2.26. The Hall–Kier alpha value is -1.22. The maximum absolute atomic E-state index is 13.5. The van der Waals surface area contributed by atoms with Crippen molar-refractivity contribution in [2.45, 2.75) is 26.8 Å². The zero-order chi connectivity index (χ0) is 12.5. The van der Waals surface area contributed by atoms with Crippen molar-refractivity contribution >= 4 is 5.78 Å². The summed E-state index contributed by atoms with van der Waals surface area (Å²) < 4.78 is 13.5. The van der Waals surface area contributed by atoms with E-state index in [1.54, 1.807) is 12.1 Å². The Kier molecular flexibility index (Phi) is 3.29. The van der Waals surface area contributed by atoms with Crippen molar-refractivity contribution in [1.29, 1.82) is 0 Å². The van der Waals surface area contributed by atoms with Gasteiger partial charge in [0.2, 0.25) is 0 Å². The highest BCUT2D eigenvalue weighted by atomic mass is 19.1. The van der Waals surface area contributed by atoms with Crippen LogP contribution in [0.25, 0.3) is 0 Å².